The number of allylic oxidation sites excluding steroid dienone is 1. The van der Waals surface area contributed by atoms with E-state index in [9.17, 15) is 10.1 Å². The van der Waals surface area contributed by atoms with Crippen LogP contribution in [-0.4, -0.2) is 20.2 Å². The van der Waals surface area contributed by atoms with Crippen LogP contribution < -0.4 is 0 Å². The second-order valence-electron chi connectivity index (χ2n) is 3.48. The number of rotatable bonds is 4. The van der Waals surface area contributed by atoms with Gasteiger partial charge >= 0.3 is 0 Å². The number of aromatic nitrogens is 2. The quantitative estimate of drug-likeness (QED) is 0.534. The van der Waals surface area contributed by atoms with Crippen LogP contribution in [-0.2, 0) is 0 Å². The molecule has 2 heterocycles. The van der Waals surface area contributed by atoms with Gasteiger partial charge in [-0.05, 0) is 18.1 Å². The lowest BCUT2D eigenvalue weighted by Crippen LogP contribution is -1.86. The largest absolute Gasteiger partial charge is 0.340 e. The molecule has 0 saturated carbocycles. The van der Waals surface area contributed by atoms with Gasteiger partial charge in [0.2, 0.25) is 0 Å². The van der Waals surface area contributed by atoms with Crippen LogP contribution in [0.4, 0.5) is 5.69 Å². The van der Waals surface area contributed by atoms with Crippen LogP contribution in [0.3, 0.4) is 0 Å². The van der Waals surface area contributed by atoms with E-state index in [2.05, 4.69) is 25.9 Å². The molecule has 0 radical (unpaired) electrons. The first-order valence-corrected chi connectivity index (χ1v) is 6.18. The van der Waals surface area contributed by atoms with Crippen LogP contribution in [0, 0.1) is 10.1 Å². The summed E-state index contributed by atoms with van der Waals surface area (Å²) >= 11 is 3.33. The van der Waals surface area contributed by atoms with E-state index in [-0.39, 0.29) is 5.69 Å². The Bertz CT molecular complexity index is 577. The second-order valence-corrected chi connectivity index (χ2v) is 4.27. The summed E-state index contributed by atoms with van der Waals surface area (Å²) in [5.74, 6) is 0. The third-order valence-corrected chi connectivity index (χ3v) is 2.77. The number of pyridine rings is 1. The van der Waals surface area contributed by atoms with E-state index in [0.717, 1.165) is 17.3 Å². The Hall–Kier alpha value is -1.69. The number of hydrogen-bond acceptors (Lipinski definition) is 3. The van der Waals surface area contributed by atoms with Crippen LogP contribution in [0.15, 0.2) is 24.5 Å². The van der Waals surface area contributed by atoms with Crippen molar-refractivity contribution in [1.29, 1.82) is 0 Å². The molecule has 0 atom stereocenters. The molecule has 0 aromatic carbocycles. The molecule has 6 heteroatoms. The molecule has 0 aliphatic heterocycles. The zero-order chi connectivity index (χ0) is 12.3. The number of hydrogen-bond donors (Lipinski definition) is 1. The van der Waals surface area contributed by atoms with E-state index in [1.54, 1.807) is 12.3 Å². The van der Waals surface area contributed by atoms with Crippen molar-refractivity contribution in [3.63, 3.8) is 0 Å². The Morgan fingerprint density at radius 2 is 2.41 bits per heavy atom. The number of nitro groups is 1. The average Bonchev–Trinajstić information content (AvgIpc) is 2.72. The molecule has 0 aliphatic carbocycles. The topological polar surface area (TPSA) is 71.8 Å². The summed E-state index contributed by atoms with van der Waals surface area (Å²) in [4.78, 5) is 17.3. The highest BCUT2D eigenvalue weighted by atomic mass is 79.9. The zero-order valence-electron chi connectivity index (χ0n) is 8.89. The highest BCUT2D eigenvalue weighted by Gasteiger charge is 2.14. The Morgan fingerprint density at radius 3 is 3.12 bits per heavy atom. The van der Waals surface area contributed by atoms with Gasteiger partial charge in [0.25, 0.3) is 5.69 Å². The van der Waals surface area contributed by atoms with Gasteiger partial charge in [-0.2, -0.15) is 0 Å². The van der Waals surface area contributed by atoms with Crippen LogP contribution in [0.25, 0.3) is 17.1 Å². The molecule has 88 valence electrons. The molecule has 0 fully saturated rings. The maximum Gasteiger partial charge on any atom is 0.296 e. The number of aromatic amines is 1. The highest BCUT2D eigenvalue weighted by molar-refractivity contribution is 9.09. The van der Waals surface area contributed by atoms with Gasteiger partial charge in [-0.15, -0.1) is 0 Å². The first-order valence-electron chi connectivity index (χ1n) is 5.06. The van der Waals surface area contributed by atoms with Crippen molar-refractivity contribution in [2.75, 3.05) is 5.33 Å². The molecule has 0 bridgehead atoms. The molecular weight excluding hydrogens is 286 g/mol. The van der Waals surface area contributed by atoms with E-state index in [1.807, 2.05) is 12.2 Å². The molecule has 0 unspecified atom stereocenters. The minimum Gasteiger partial charge on any atom is -0.340 e. The molecule has 0 aliphatic rings. The van der Waals surface area contributed by atoms with Crippen LogP contribution in [0.1, 0.15) is 12.0 Å². The van der Waals surface area contributed by atoms with Gasteiger partial charge in [0, 0.05) is 11.5 Å². The number of nitrogens with zero attached hydrogens (tertiary/aromatic N) is 2. The molecule has 5 nitrogen and oxygen atoms in total. The molecule has 0 spiro atoms. The van der Waals surface area contributed by atoms with Gasteiger partial charge in [0.05, 0.1) is 16.5 Å². The lowest BCUT2D eigenvalue weighted by atomic mass is 10.2. The van der Waals surface area contributed by atoms with E-state index >= 15 is 0 Å². The molecule has 0 saturated heterocycles. The monoisotopic (exact) mass is 295 g/mol. The van der Waals surface area contributed by atoms with Gasteiger partial charge in [-0.1, -0.05) is 28.1 Å². The van der Waals surface area contributed by atoms with Crippen molar-refractivity contribution >= 4 is 38.7 Å². The predicted molar refractivity (Wildman–Crippen MR) is 70.2 cm³/mol. The second kappa shape index (κ2) is 5.09. The number of H-pyrrole nitrogens is 1. The minimum absolute atomic E-state index is 0.0586. The van der Waals surface area contributed by atoms with Gasteiger partial charge in [0.1, 0.15) is 5.65 Å². The first-order chi connectivity index (χ1) is 8.22. The molecule has 1 N–H and O–H groups in total. The summed E-state index contributed by atoms with van der Waals surface area (Å²) in [5, 5.41) is 12.2. The van der Waals surface area contributed by atoms with Crippen molar-refractivity contribution in [2.45, 2.75) is 6.42 Å². The van der Waals surface area contributed by atoms with E-state index in [1.165, 1.54) is 6.20 Å². The normalized spacial score (nSPS) is 11.4. The zero-order valence-corrected chi connectivity index (χ0v) is 10.5. The van der Waals surface area contributed by atoms with Gasteiger partial charge in [-0.25, -0.2) is 4.98 Å². The van der Waals surface area contributed by atoms with Crippen LogP contribution >= 0.6 is 15.9 Å². The Kier molecular flexibility index (Phi) is 3.53. The average molecular weight is 296 g/mol. The molecule has 2 aromatic rings. The smallest absolute Gasteiger partial charge is 0.296 e. The molecule has 2 aromatic heterocycles. The summed E-state index contributed by atoms with van der Waals surface area (Å²) in [6.07, 6.45) is 7.87. The summed E-state index contributed by atoms with van der Waals surface area (Å²) in [6.45, 7) is 0. The predicted octanol–water partition coefficient (Wildman–Crippen LogP) is 3.27. The maximum atomic E-state index is 10.8. The van der Waals surface area contributed by atoms with Crippen LogP contribution in [0.5, 0.6) is 0 Å². The van der Waals surface area contributed by atoms with Crippen molar-refractivity contribution in [1.82, 2.24) is 9.97 Å². The molecule has 17 heavy (non-hydrogen) atoms. The Balaban J connectivity index is 2.41. The number of halogens is 1. The summed E-state index contributed by atoms with van der Waals surface area (Å²) in [7, 11) is 0. The SMILES string of the molecule is O=[N+]([O-])c1c[nH]c2ncc(C=CCCBr)cc12. The molecule has 0 amide bonds. The molecular formula is C11H10BrN3O2. The van der Waals surface area contributed by atoms with Crippen molar-refractivity contribution in [3.05, 3.63) is 40.2 Å². The number of alkyl halides is 1. The van der Waals surface area contributed by atoms with Crippen molar-refractivity contribution < 1.29 is 4.92 Å². The lowest BCUT2D eigenvalue weighted by Gasteiger charge is -1.94. The van der Waals surface area contributed by atoms with Crippen molar-refractivity contribution in [3.8, 4) is 0 Å². The first kappa shape index (κ1) is 11.8. The van der Waals surface area contributed by atoms with E-state index in [0.29, 0.717) is 11.0 Å². The van der Waals surface area contributed by atoms with Crippen LogP contribution in [0.2, 0.25) is 0 Å². The fourth-order valence-corrected chi connectivity index (χ4v) is 1.79. The Morgan fingerprint density at radius 1 is 1.59 bits per heavy atom. The third kappa shape index (κ3) is 2.52. The minimum atomic E-state index is -0.410. The maximum absolute atomic E-state index is 10.8. The fourth-order valence-electron chi connectivity index (χ4n) is 1.53. The van der Waals surface area contributed by atoms with E-state index in [4.69, 9.17) is 0 Å². The number of fused-ring (bicyclic) bond motifs is 1. The highest BCUT2D eigenvalue weighted by Crippen LogP contribution is 2.24. The van der Waals surface area contributed by atoms with Crippen molar-refractivity contribution in [2.24, 2.45) is 0 Å². The van der Waals surface area contributed by atoms with Gasteiger partial charge < -0.3 is 4.98 Å². The summed E-state index contributed by atoms with van der Waals surface area (Å²) in [5.41, 5.74) is 1.46. The standard InChI is InChI=1S/C11H10BrN3O2/c12-4-2-1-3-8-5-9-10(15(16)17)7-14-11(9)13-6-8/h1,3,5-7H,2,4H2,(H,13,14). The molecule has 2 rings (SSSR count). The summed E-state index contributed by atoms with van der Waals surface area (Å²) in [6, 6.07) is 1.77. The summed E-state index contributed by atoms with van der Waals surface area (Å²) < 4.78 is 0. The van der Waals surface area contributed by atoms with E-state index < -0.39 is 4.92 Å². The fraction of sp³-hybridized carbons (Fsp3) is 0.182. The van der Waals surface area contributed by atoms with Gasteiger partial charge in [0.15, 0.2) is 0 Å². The third-order valence-electron chi connectivity index (χ3n) is 2.31. The number of nitrogens with one attached hydrogen (secondary N) is 1. The Labute approximate surface area is 106 Å². The lowest BCUT2D eigenvalue weighted by molar-refractivity contribution is -0.383. The van der Waals surface area contributed by atoms with Gasteiger partial charge in [-0.3, -0.25) is 10.1 Å².